The van der Waals surface area contributed by atoms with Crippen LogP contribution in [0.5, 0.6) is 0 Å². The molecular weight excluding hydrogens is 327 g/mol. The molecule has 1 aromatic carbocycles. The summed E-state index contributed by atoms with van der Waals surface area (Å²) in [5, 5.41) is 0. The highest BCUT2D eigenvalue weighted by molar-refractivity contribution is 14.1. The predicted octanol–water partition coefficient (Wildman–Crippen LogP) is 4.60. The first-order valence-corrected chi connectivity index (χ1v) is 5.72. The zero-order chi connectivity index (χ0) is 8.97. The number of rotatable bonds is 2. The zero-order valence-electron chi connectivity index (χ0n) is 6.85. The van der Waals surface area contributed by atoms with Gasteiger partial charge in [0.1, 0.15) is 0 Å². The van der Waals surface area contributed by atoms with Gasteiger partial charge in [0.15, 0.2) is 0 Å². The van der Waals surface area contributed by atoms with Crippen LogP contribution >= 0.6 is 38.5 Å². The van der Waals surface area contributed by atoms with E-state index in [1.54, 1.807) is 0 Å². The molecule has 2 heteroatoms. The molecule has 0 atom stereocenters. The first-order valence-electron chi connectivity index (χ1n) is 3.85. The van der Waals surface area contributed by atoms with Crippen LogP contribution in [0.2, 0.25) is 0 Å². The van der Waals surface area contributed by atoms with Crippen LogP contribution in [0.3, 0.4) is 0 Å². The first kappa shape index (κ1) is 10.3. The minimum Gasteiger partial charge on any atom is -0.0622 e. The first-order chi connectivity index (χ1) is 5.75. The molecule has 0 spiro atoms. The standard InChI is InChI=1S/C10H10BrI/c1-2-9(12)10(11)8-6-4-3-5-7-8/h3-7H,2H2,1H3/b10-9+. The summed E-state index contributed by atoms with van der Waals surface area (Å²) in [6.07, 6.45) is 1.08. The average Bonchev–Trinajstić information content (AvgIpc) is 2.17. The van der Waals surface area contributed by atoms with Crippen molar-refractivity contribution in [2.45, 2.75) is 13.3 Å². The van der Waals surface area contributed by atoms with Crippen molar-refractivity contribution in [2.24, 2.45) is 0 Å². The van der Waals surface area contributed by atoms with E-state index in [0.29, 0.717) is 0 Å². The van der Waals surface area contributed by atoms with E-state index in [1.165, 1.54) is 13.6 Å². The third-order valence-corrected chi connectivity index (χ3v) is 4.56. The smallest absolute Gasteiger partial charge is 0.0340 e. The topological polar surface area (TPSA) is 0 Å². The molecule has 0 heterocycles. The van der Waals surface area contributed by atoms with Crippen molar-refractivity contribution in [3.63, 3.8) is 0 Å². The van der Waals surface area contributed by atoms with Gasteiger partial charge in [-0.25, -0.2) is 0 Å². The molecule has 0 fully saturated rings. The zero-order valence-corrected chi connectivity index (χ0v) is 10.6. The van der Waals surface area contributed by atoms with E-state index in [9.17, 15) is 0 Å². The number of hydrogen-bond acceptors (Lipinski definition) is 0. The Morgan fingerprint density at radius 3 is 2.42 bits per heavy atom. The summed E-state index contributed by atoms with van der Waals surface area (Å²) in [4.78, 5) is 0. The van der Waals surface area contributed by atoms with Crippen LogP contribution in [-0.4, -0.2) is 0 Å². The summed E-state index contributed by atoms with van der Waals surface area (Å²) in [6, 6.07) is 10.4. The third kappa shape index (κ3) is 2.59. The van der Waals surface area contributed by atoms with Gasteiger partial charge >= 0.3 is 0 Å². The third-order valence-electron chi connectivity index (χ3n) is 1.58. The Bertz CT molecular complexity index is 277. The van der Waals surface area contributed by atoms with Crippen molar-refractivity contribution < 1.29 is 0 Å². The molecular formula is C10H10BrI. The Morgan fingerprint density at radius 2 is 1.92 bits per heavy atom. The monoisotopic (exact) mass is 336 g/mol. The molecule has 1 rings (SSSR count). The molecule has 0 aromatic heterocycles. The van der Waals surface area contributed by atoms with Gasteiger partial charge in [0.05, 0.1) is 0 Å². The quantitative estimate of drug-likeness (QED) is 0.693. The summed E-state index contributed by atoms with van der Waals surface area (Å²) >= 11 is 5.95. The lowest BCUT2D eigenvalue weighted by atomic mass is 10.2. The van der Waals surface area contributed by atoms with Crippen molar-refractivity contribution in [3.8, 4) is 0 Å². The summed E-state index contributed by atoms with van der Waals surface area (Å²) in [7, 11) is 0. The molecule has 0 saturated heterocycles. The van der Waals surface area contributed by atoms with Gasteiger partial charge in [0, 0.05) is 8.06 Å². The fraction of sp³-hybridized carbons (Fsp3) is 0.200. The predicted molar refractivity (Wildman–Crippen MR) is 66.6 cm³/mol. The normalized spacial score (nSPS) is 12.6. The Hall–Kier alpha value is 0.170. The van der Waals surface area contributed by atoms with E-state index in [2.05, 4.69) is 69.7 Å². The van der Waals surface area contributed by atoms with E-state index < -0.39 is 0 Å². The maximum absolute atomic E-state index is 3.58. The van der Waals surface area contributed by atoms with Gasteiger partial charge in [0.25, 0.3) is 0 Å². The number of hydrogen-bond donors (Lipinski definition) is 0. The fourth-order valence-electron chi connectivity index (χ4n) is 0.896. The molecule has 0 bridgehead atoms. The molecule has 0 saturated carbocycles. The van der Waals surface area contributed by atoms with Gasteiger partial charge in [-0.1, -0.05) is 37.3 Å². The molecule has 0 radical (unpaired) electrons. The summed E-state index contributed by atoms with van der Waals surface area (Å²) < 4.78 is 2.57. The van der Waals surface area contributed by atoms with Gasteiger partial charge in [0.2, 0.25) is 0 Å². The van der Waals surface area contributed by atoms with E-state index in [-0.39, 0.29) is 0 Å². The van der Waals surface area contributed by atoms with Crippen LogP contribution < -0.4 is 0 Å². The van der Waals surface area contributed by atoms with Crippen molar-refractivity contribution >= 4 is 43.0 Å². The largest absolute Gasteiger partial charge is 0.0622 e. The van der Waals surface area contributed by atoms with E-state index in [0.717, 1.165) is 6.42 Å². The lowest BCUT2D eigenvalue weighted by molar-refractivity contribution is 1.22. The average molecular weight is 337 g/mol. The maximum atomic E-state index is 3.58. The minimum atomic E-state index is 1.08. The van der Waals surface area contributed by atoms with Gasteiger partial charge in [-0.15, -0.1) is 0 Å². The summed E-state index contributed by atoms with van der Waals surface area (Å²) in [5.74, 6) is 0. The highest BCUT2D eigenvalue weighted by Gasteiger charge is 2.00. The molecule has 0 N–H and O–H groups in total. The van der Waals surface area contributed by atoms with E-state index in [1.807, 2.05) is 6.07 Å². The molecule has 64 valence electrons. The molecule has 1 aromatic rings. The van der Waals surface area contributed by atoms with Crippen LogP contribution in [0.25, 0.3) is 4.48 Å². The Labute approximate surface area is 95.3 Å². The molecule has 0 unspecified atom stereocenters. The highest BCUT2D eigenvalue weighted by Crippen LogP contribution is 2.30. The van der Waals surface area contributed by atoms with Gasteiger partial charge in [-0.3, -0.25) is 0 Å². The Balaban J connectivity index is 3.00. The number of halogens is 2. The second-order valence-electron chi connectivity index (χ2n) is 2.44. The van der Waals surface area contributed by atoms with Gasteiger partial charge in [-0.05, 0) is 50.5 Å². The van der Waals surface area contributed by atoms with E-state index >= 15 is 0 Å². The molecule has 0 amide bonds. The van der Waals surface area contributed by atoms with Crippen molar-refractivity contribution in [3.05, 3.63) is 39.5 Å². The SMILES string of the molecule is CC/C(I)=C(\Br)c1ccccc1. The van der Waals surface area contributed by atoms with Gasteiger partial charge in [-0.2, -0.15) is 0 Å². The summed E-state index contributed by atoms with van der Waals surface area (Å²) in [6.45, 7) is 2.16. The summed E-state index contributed by atoms with van der Waals surface area (Å²) in [5.41, 5.74) is 1.25. The maximum Gasteiger partial charge on any atom is 0.0340 e. The van der Waals surface area contributed by atoms with Crippen LogP contribution in [0.15, 0.2) is 33.9 Å². The highest BCUT2D eigenvalue weighted by atomic mass is 127. The van der Waals surface area contributed by atoms with Crippen LogP contribution in [0.4, 0.5) is 0 Å². The lowest BCUT2D eigenvalue weighted by Crippen LogP contribution is -1.77. The number of allylic oxidation sites excluding steroid dienone is 1. The van der Waals surface area contributed by atoms with Crippen molar-refractivity contribution in [1.29, 1.82) is 0 Å². The molecule has 0 aliphatic heterocycles. The molecule has 12 heavy (non-hydrogen) atoms. The van der Waals surface area contributed by atoms with Crippen molar-refractivity contribution in [1.82, 2.24) is 0 Å². The molecule has 0 aliphatic rings. The van der Waals surface area contributed by atoms with Crippen LogP contribution in [0.1, 0.15) is 18.9 Å². The second-order valence-corrected chi connectivity index (χ2v) is 4.53. The number of benzene rings is 1. The lowest BCUT2D eigenvalue weighted by Gasteiger charge is -2.01. The Kier molecular flexibility index (Phi) is 4.29. The second kappa shape index (κ2) is 5.02. The van der Waals surface area contributed by atoms with Crippen molar-refractivity contribution in [2.75, 3.05) is 0 Å². The fourth-order valence-corrected chi connectivity index (χ4v) is 1.75. The molecule has 0 nitrogen and oxygen atoms in total. The van der Waals surface area contributed by atoms with Gasteiger partial charge < -0.3 is 0 Å². The minimum absolute atomic E-state index is 1.08. The Morgan fingerprint density at radius 1 is 1.33 bits per heavy atom. The molecule has 0 aliphatic carbocycles. The van der Waals surface area contributed by atoms with E-state index in [4.69, 9.17) is 0 Å². The van der Waals surface area contributed by atoms with Crippen LogP contribution in [-0.2, 0) is 0 Å². The van der Waals surface area contributed by atoms with Crippen LogP contribution in [0, 0.1) is 0 Å².